The fraction of sp³-hybridized carbons (Fsp3) is 0.500. The van der Waals surface area contributed by atoms with Crippen LogP contribution in [0, 0.1) is 11.8 Å². The van der Waals surface area contributed by atoms with Crippen molar-refractivity contribution in [1.29, 1.82) is 0 Å². The fourth-order valence-corrected chi connectivity index (χ4v) is 8.78. The van der Waals surface area contributed by atoms with Crippen LogP contribution in [-0.4, -0.2) is 0 Å². The van der Waals surface area contributed by atoms with Gasteiger partial charge in [0.1, 0.15) is 0 Å². The summed E-state index contributed by atoms with van der Waals surface area (Å²) in [5.41, 5.74) is 1.47. The Labute approximate surface area is 140 Å². The molecular formula is C16H20Cl2Zr. The second-order valence-corrected chi connectivity index (χ2v) is 11.0. The zero-order chi connectivity index (χ0) is 11.9. The Bertz CT molecular complexity index is 436. The normalized spacial score (nSPS) is 38.0. The van der Waals surface area contributed by atoms with Crippen LogP contribution < -0.4 is 24.8 Å². The SMILES string of the molecule is CC1=C[C](C)([Zr+2][CH]2CCC3C=CC=CC32)C=C1.[Cl-].[Cl-]. The topological polar surface area (TPSA) is 0 Å². The van der Waals surface area contributed by atoms with E-state index >= 15 is 0 Å². The van der Waals surface area contributed by atoms with Gasteiger partial charge in [-0.25, -0.2) is 0 Å². The van der Waals surface area contributed by atoms with E-state index in [1.54, 1.807) is 0 Å². The molecule has 0 amide bonds. The summed E-state index contributed by atoms with van der Waals surface area (Å²) in [6.07, 6.45) is 19.7. The summed E-state index contributed by atoms with van der Waals surface area (Å²) >= 11 is -0.391. The summed E-state index contributed by atoms with van der Waals surface area (Å²) in [5, 5.41) is 0. The molecule has 3 heteroatoms. The van der Waals surface area contributed by atoms with Crippen LogP contribution in [0.25, 0.3) is 0 Å². The summed E-state index contributed by atoms with van der Waals surface area (Å²) in [6, 6.07) is 0. The summed E-state index contributed by atoms with van der Waals surface area (Å²) in [6.45, 7) is 4.70. The Morgan fingerprint density at radius 2 is 1.89 bits per heavy atom. The van der Waals surface area contributed by atoms with Crippen molar-refractivity contribution in [1.82, 2.24) is 0 Å². The molecule has 4 unspecified atom stereocenters. The van der Waals surface area contributed by atoms with Gasteiger partial charge in [0.25, 0.3) is 0 Å². The van der Waals surface area contributed by atoms with Gasteiger partial charge in [0.15, 0.2) is 0 Å². The molecule has 0 spiro atoms. The Hall–Kier alpha value is 0.423. The number of rotatable bonds is 2. The summed E-state index contributed by atoms with van der Waals surface area (Å²) in [4.78, 5) is 0. The molecule has 1 fully saturated rings. The summed E-state index contributed by atoms with van der Waals surface area (Å²) in [5.74, 6) is 1.75. The zero-order valence-corrected chi connectivity index (χ0v) is 15.4. The average Bonchev–Trinajstić information content (AvgIpc) is 2.85. The first kappa shape index (κ1) is 17.5. The molecule has 0 aliphatic heterocycles. The van der Waals surface area contributed by atoms with Gasteiger partial charge in [-0.05, 0) is 0 Å². The van der Waals surface area contributed by atoms with Crippen LogP contribution in [-0.2, 0) is 23.2 Å². The third-order valence-electron chi connectivity index (χ3n) is 4.29. The van der Waals surface area contributed by atoms with E-state index in [9.17, 15) is 0 Å². The van der Waals surface area contributed by atoms with Crippen LogP contribution in [0.5, 0.6) is 0 Å². The second-order valence-electron chi connectivity index (χ2n) is 5.84. The number of fused-ring (bicyclic) bond motifs is 1. The number of hydrogen-bond donors (Lipinski definition) is 0. The minimum atomic E-state index is -0.391. The van der Waals surface area contributed by atoms with E-state index in [1.165, 1.54) is 18.4 Å². The van der Waals surface area contributed by atoms with Gasteiger partial charge in [-0.3, -0.25) is 0 Å². The fourth-order valence-electron chi connectivity index (χ4n) is 3.49. The Balaban J connectivity index is 0.000000902. The number of hydrogen-bond acceptors (Lipinski definition) is 0. The average molecular weight is 374 g/mol. The first-order valence-corrected chi connectivity index (χ1v) is 9.32. The smallest absolute Gasteiger partial charge is 1.00 e. The molecule has 102 valence electrons. The largest absolute Gasteiger partial charge is 1.00 e. The van der Waals surface area contributed by atoms with Crippen LogP contribution >= 0.6 is 0 Å². The molecule has 3 rings (SSSR count). The number of halogens is 2. The molecule has 4 atom stereocenters. The Morgan fingerprint density at radius 3 is 2.58 bits per heavy atom. The molecule has 1 saturated carbocycles. The van der Waals surface area contributed by atoms with Crippen LogP contribution in [0.15, 0.2) is 48.1 Å². The third kappa shape index (κ3) is 3.75. The van der Waals surface area contributed by atoms with Crippen molar-refractivity contribution in [3.8, 4) is 0 Å². The van der Waals surface area contributed by atoms with Crippen molar-refractivity contribution in [3.05, 3.63) is 48.1 Å². The maximum atomic E-state index is 2.52. The second kappa shape index (κ2) is 6.92. The van der Waals surface area contributed by atoms with Gasteiger partial charge < -0.3 is 24.8 Å². The first-order chi connectivity index (χ1) is 8.16. The molecule has 3 aliphatic carbocycles. The maximum absolute atomic E-state index is 2.52. The predicted molar refractivity (Wildman–Crippen MR) is 69.5 cm³/mol. The van der Waals surface area contributed by atoms with Crippen molar-refractivity contribution in [2.45, 2.75) is 33.4 Å². The minimum Gasteiger partial charge on any atom is -1.00 e. The van der Waals surface area contributed by atoms with Crippen LogP contribution in [0.2, 0.25) is 6.75 Å². The monoisotopic (exact) mass is 372 g/mol. The summed E-state index contributed by atoms with van der Waals surface area (Å²) in [7, 11) is 0. The van der Waals surface area contributed by atoms with Crippen LogP contribution in [0.3, 0.4) is 0 Å². The van der Waals surface area contributed by atoms with Gasteiger partial charge in [-0.1, -0.05) is 0 Å². The predicted octanol–water partition coefficient (Wildman–Crippen LogP) is -1.29. The third-order valence-corrected chi connectivity index (χ3v) is 9.15. The molecule has 0 saturated heterocycles. The van der Waals surface area contributed by atoms with E-state index in [4.69, 9.17) is 0 Å². The van der Waals surface area contributed by atoms with Crippen molar-refractivity contribution in [2.75, 3.05) is 0 Å². The minimum absolute atomic E-state index is 0. The van der Waals surface area contributed by atoms with E-state index < -0.39 is 23.2 Å². The molecular weight excluding hydrogens is 354 g/mol. The Morgan fingerprint density at radius 1 is 1.16 bits per heavy atom. The van der Waals surface area contributed by atoms with Crippen LogP contribution in [0.1, 0.15) is 26.7 Å². The van der Waals surface area contributed by atoms with E-state index in [1.807, 2.05) is 0 Å². The molecule has 0 nitrogen and oxygen atoms in total. The van der Waals surface area contributed by atoms with Crippen LogP contribution in [0.4, 0.5) is 0 Å². The zero-order valence-electron chi connectivity index (χ0n) is 11.4. The van der Waals surface area contributed by atoms with Crippen molar-refractivity contribution in [2.24, 2.45) is 11.8 Å². The molecule has 0 aromatic rings. The quantitative estimate of drug-likeness (QED) is 0.565. The van der Waals surface area contributed by atoms with Gasteiger partial charge in [0, 0.05) is 0 Å². The molecule has 0 N–H and O–H groups in total. The molecule has 0 aromatic carbocycles. The van der Waals surface area contributed by atoms with E-state index in [2.05, 4.69) is 56.4 Å². The number of allylic oxidation sites excluding steroid dienone is 8. The standard InChI is InChI=1S/C9H11.C7H9.2ClH.Zr/c1-2-5-9-7-3-6-8(9)4-1;1-6-3-4-7(2)5-6;;;/h1-2,4-6,8-9H,3,7H2;3-5H,1-2H3;2*1H;/q;;;;+2/p-2. The van der Waals surface area contributed by atoms with Crippen molar-refractivity contribution in [3.63, 3.8) is 0 Å². The molecule has 0 radical (unpaired) electrons. The van der Waals surface area contributed by atoms with E-state index in [-0.39, 0.29) is 24.8 Å². The van der Waals surface area contributed by atoms with E-state index in [0.717, 1.165) is 15.5 Å². The Kier molecular flexibility index (Phi) is 6.37. The molecule has 0 aromatic heterocycles. The molecule has 3 aliphatic rings. The van der Waals surface area contributed by atoms with Crippen molar-refractivity contribution >= 4 is 0 Å². The van der Waals surface area contributed by atoms with E-state index in [0.29, 0.717) is 3.12 Å². The molecule has 0 bridgehead atoms. The van der Waals surface area contributed by atoms with Gasteiger partial charge in [0.2, 0.25) is 0 Å². The molecule has 0 heterocycles. The van der Waals surface area contributed by atoms with Gasteiger partial charge in [-0.15, -0.1) is 0 Å². The molecule has 19 heavy (non-hydrogen) atoms. The maximum Gasteiger partial charge on any atom is -1.00 e. The van der Waals surface area contributed by atoms with Crippen molar-refractivity contribution < 1.29 is 48.0 Å². The van der Waals surface area contributed by atoms with Gasteiger partial charge in [-0.2, -0.15) is 0 Å². The summed E-state index contributed by atoms with van der Waals surface area (Å²) < 4.78 is 1.53. The first-order valence-electron chi connectivity index (χ1n) is 6.68. The van der Waals surface area contributed by atoms with Gasteiger partial charge >= 0.3 is 117 Å². The van der Waals surface area contributed by atoms with Gasteiger partial charge in [0.05, 0.1) is 0 Å².